The fourth-order valence-corrected chi connectivity index (χ4v) is 4.44. The van der Waals surface area contributed by atoms with Crippen molar-refractivity contribution < 1.29 is 14.3 Å². The summed E-state index contributed by atoms with van der Waals surface area (Å²) in [6.07, 6.45) is 1.48. The van der Waals surface area contributed by atoms with Gasteiger partial charge in [-0.15, -0.1) is 0 Å². The summed E-state index contributed by atoms with van der Waals surface area (Å²) in [7, 11) is 0. The number of aromatic nitrogens is 2. The van der Waals surface area contributed by atoms with Crippen LogP contribution in [0.3, 0.4) is 0 Å². The van der Waals surface area contributed by atoms with Crippen molar-refractivity contribution in [2.75, 3.05) is 11.9 Å². The normalized spacial score (nSPS) is 11.9. The number of ether oxygens (including phenoxy) is 1. The fourth-order valence-electron chi connectivity index (χ4n) is 3.57. The van der Waals surface area contributed by atoms with Crippen molar-refractivity contribution >= 4 is 39.2 Å². The first-order valence-electron chi connectivity index (χ1n) is 9.83. The molecule has 1 aromatic carbocycles. The van der Waals surface area contributed by atoms with Gasteiger partial charge in [-0.25, -0.2) is 9.78 Å². The zero-order valence-electron chi connectivity index (χ0n) is 18.2. The SMILES string of the molecule is C=CCOC(=O)c1sc(NC(=O)C(C)n2c(=O)cc(C)c3cc(C)cc(C)c32)nc1C. The number of anilines is 1. The van der Waals surface area contributed by atoms with Crippen LogP contribution in [0.1, 0.15) is 45.0 Å². The number of rotatable bonds is 6. The van der Waals surface area contributed by atoms with E-state index < -0.39 is 17.9 Å². The number of fused-ring (bicyclic) bond motifs is 1. The van der Waals surface area contributed by atoms with E-state index in [0.29, 0.717) is 10.6 Å². The molecule has 0 aliphatic heterocycles. The number of hydrogen-bond acceptors (Lipinski definition) is 6. The van der Waals surface area contributed by atoms with Crippen LogP contribution in [0.5, 0.6) is 0 Å². The van der Waals surface area contributed by atoms with E-state index in [2.05, 4.69) is 16.9 Å². The molecule has 0 aliphatic rings. The zero-order valence-corrected chi connectivity index (χ0v) is 19.1. The first-order chi connectivity index (χ1) is 14.6. The minimum absolute atomic E-state index is 0.0944. The van der Waals surface area contributed by atoms with Gasteiger partial charge in [0.2, 0.25) is 5.91 Å². The van der Waals surface area contributed by atoms with Gasteiger partial charge in [0.05, 0.1) is 11.2 Å². The molecule has 0 saturated heterocycles. The van der Waals surface area contributed by atoms with Crippen molar-refractivity contribution in [2.45, 2.75) is 40.7 Å². The molecule has 1 N–H and O–H groups in total. The third-order valence-corrected chi connectivity index (χ3v) is 6.05. The molecule has 31 heavy (non-hydrogen) atoms. The van der Waals surface area contributed by atoms with Gasteiger partial charge in [-0.05, 0) is 51.8 Å². The average Bonchev–Trinajstić information content (AvgIpc) is 3.06. The molecule has 1 unspecified atom stereocenters. The molecule has 0 radical (unpaired) electrons. The lowest BCUT2D eigenvalue weighted by atomic mass is 10.0. The second kappa shape index (κ2) is 8.85. The van der Waals surface area contributed by atoms with Crippen LogP contribution in [0.25, 0.3) is 10.9 Å². The predicted octanol–water partition coefficient (Wildman–Crippen LogP) is 4.23. The quantitative estimate of drug-likeness (QED) is 0.458. The Morgan fingerprint density at radius 3 is 2.61 bits per heavy atom. The Hall–Kier alpha value is -3.26. The Kier molecular flexibility index (Phi) is 6.40. The van der Waals surface area contributed by atoms with E-state index in [1.807, 2.05) is 32.9 Å². The molecule has 2 aromatic heterocycles. The molecule has 3 aromatic rings. The molecule has 0 aliphatic carbocycles. The Balaban J connectivity index is 1.95. The topological polar surface area (TPSA) is 90.3 Å². The van der Waals surface area contributed by atoms with Crippen LogP contribution in [-0.2, 0) is 9.53 Å². The van der Waals surface area contributed by atoms with Gasteiger partial charge in [0.1, 0.15) is 17.5 Å². The molecule has 0 saturated carbocycles. The molecule has 0 spiro atoms. The van der Waals surface area contributed by atoms with Gasteiger partial charge in [-0.3, -0.25) is 14.2 Å². The van der Waals surface area contributed by atoms with Crippen molar-refractivity contribution in [1.82, 2.24) is 9.55 Å². The summed E-state index contributed by atoms with van der Waals surface area (Å²) >= 11 is 1.04. The zero-order chi connectivity index (χ0) is 22.9. The number of carbonyl (C=O) groups is 2. The summed E-state index contributed by atoms with van der Waals surface area (Å²) in [4.78, 5) is 42.5. The van der Waals surface area contributed by atoms with Gasteiger partial charge in [-0.2, -0.15) is 0 Å². The van der Waals surface area contributed by atoms with E-state index in [-0.39, 0.29) is 17.3 Å². The summed E-state index contributed by atoms with van der Waals surface area (Å²) in [6.45, 7) is 12.8. The van der Waals surface area contributed by atoms with Crippen LogP contribution in [0.4, 0.5) is 5.13 Å². The van der Waals surface area contributed by atoms with Gasteiger partial charge in [-0.1, -0.05) is 35.6 Å². The van der Waals surface area contributed by atoms with Crippen LogP contribution >= 0.6 is 11.3 Å². The lowest BCUT2D eigenvalue weighted by Crippen LogP contribution is -2.32. The number of pyridine rings is 1. The molecule has 162 valence electrons. The number of aryl methyl sites for hydroxylation is 4. The van der Waals surface area contributed by atoms with Gasteiger partial charge in [0, 0.05) is 11.5 Å². The number of hydrogen-bond donors (Lipinski definition) is 1. The van der Waals surface area contributed by atoms with E-state index in [4.69, 9.17) is 4.74 Å². The highest BCUT2D eigenvalue weighted by Gasteiger charge is 2.23. The lowest BCUT2D eigenvalue weighted by molar-refractivity contribution is -0.118. The van der Waals surface area contributed by atoms with Crippen LogP contribution in [0, 0.1) is 27.7 Å². The highest BCUT2D eigenvalue weighted by Crippen LogP contribution is 2.27. The Morgan fingerprint density at radius 2 is 1.94 bits per heavy atom. The maximum atomic E-state index is 13.0. The molecular weight excluding hydrogens is 414 g/mol. The molecule has 7 nitrogen and oxygen atoms in total. The number of nitrogens with one attached hydrogen (secondary N) is 1. The molecule has 0 fully saturated rings. The van der Waals surface area contributed by atoms with Crippen LogP contribution in [-0.4, -0.2) is 28.0 Å². The summed E-state index contributed by atoms with van der Waals surface area (Å²) < 4.78 is 6.55. The van der Waals surface area contributed by atoms with Crippen LogP contribution in [0.2, 0.25) is 0 Å². The Labute approximate surface area is 184 Å². The second-order valence-electron chi connectivity index (χ2n) is 7.50. The predicted molar refractivity (Wildman–Crippen MR) is 123 cm³/mol. The number of amides is 1. The number of benzene rings is 1. The number of carbonyl (C=O) groups excluding carboxylic acids is 2. The minimum Gasteiger partial charge on any atom is -0.457 e. The standard InChI is InChI=1S/C23H25N3O4S/c1-7-8-30-22(29)20-15(5)24-23(31-20)25-21(28)16(6)26-18(27)11-13(3)17-10-12(2)9-14(4)19(17)26/h7,9-11,16H,1,8H2,2-6H3,(H,24,25,28). The third-order valence-electron chi connectivity index (χ3n) is 5.00. The van der Waals surface area contributed by atoms with E-state index >= 15 is 0 Å². The Morgan fingerprint density at radius 1 is 1.23 bits per heavy atom. The summed E-state index contributed by atoms with van der Waals surface area (Å²) in [6, 6.07) is 4.78. The monoisotopic (exact) mass is 439 g/mol. The molecule has 2 heterocycles. The van der Waals surface area contributed by atoms with E-state index in [1.165, 1.54) is 10.6 Å². The van der Waals surface area contributed by atoms with Crippen LogP contribution in [0.15, 0.2) is 35.6 Å². The minimum atomic E-state index is -0.780. The fraction of sp³-hybridized carbons (Fsp3) is 0.304. The van der Waals surface area contributed by atoms with Crippen molar-refractivity contribution in [3.63, 3.8) is 0 Å². The van der Waals surface area contributed by atoms with Gasteiger partial charge in [0.25, 0.3) is 5.56 Å². The lowest BCUT2D eigenvalue weighted by Gasteiger charge is -2.20. The first kappa shape index (κ1) is 22.4. The van der Waals surface area contributed by atoms with Crippen molar-refractivity contribution in [3.8, 4) is 0 Å². The third kappa shape index (κ3) is 4.44. The van der Waals surface area contributed by atoms with E-state index in [0.717, 1.165) is 38.9 Å². The smallest absolute Gasteiger partial charge is 0.350 e. The molecule has 1 amide bonds. The summed E-state index contributed by atoms with van der Waals surface area (Å²) in [5.74, 6) is -0.915. The highest BCUT2D eigenvalue weighted by atomic mass is 32.1. The highest BCUT2D eigenvalue weighted by molar-refractivity contribution is 7.17. The van der Waals surface area contributed by atoms with Crippen molar-refractivity contribution in [1.29, 1.82) is 0 Å². The first-order valence-corrected chi connectivity index (χ1v) is 10.6. The van der Waals surface area contributed by atoms with E-state index in [1.54, 1.807) is 19.9 Å². The van der Waals surface area contributed by atoms with Crippen LogP contribution < -0.4 is 10.9 Å². The second-order valence-corrected chi connectivity index (χ2v) is 8.50. The molecule has 1 atom stereocenters. The molecule has 3 rings (SSSR count). The van der Waals surface area contributed by atoms with Gasteiger partial charge >= 0.3 is 5.97 Å². The van der Waals surface area contributed by atoms with Crippen molar-refractivity contribution in [2.24, 2.45) is 0 Å². The van der Waals surface area contributed by atoms with E-state index in [9.17, 15) is 14.4 Å². The van der Waals surface area contributed by atoms with Crippen molar-refractivity contribution in [3.05, 3.63) is 68.5 Å². The maximum Gasteiger partial charge on any atom is 0.350 e. The van der Waals surface area contributed by atoms with Gasteiger partial charge < -0.3 is 10.1 Å². The average molecular weight is 440 g/mol. The molecule has 0 bridgehead atoms. The number of esters is 1. The maximum absolute atomic E-state index is 13.0. The Bertz CT molecular complexity index is 1260. The number of thiazole rings is 1. The summed E-state index contributed by atoms with van der Waals surface area (Å²) in [5, 5.41) is 3.94. The van der Waals surface area contributed by atoms with Gasteiger partial charge in [0.15, 0.2) is 5.13 Å². The summed E-state index contributed by atoms with van der Waals surface area (Å²) in [5.41, 5.74) is 3.84. The largest absolute Gasteiger partial charge is 0.457 e. The number of nitrogens with zero attached hydrogens (tertiary/aromatic N) is 2. The molecule has 8 heteroatoms. The molecular formula is C23H25N3O4S.